The van der Waals surface area contributed by atoms with Gasteiger partial charge >= 0.3 is 0 Å². The Bertz CT molecular complexity index is 295. The summed E-state index contributed by atoms with van der Waals surface area (Å²) in [6, 6.07) is 11.0. The van der Waals surface area contributed by atoms with Crippen LogP contribution in [0.3, 0.4) is 0 Å². The van der Waals surface area contributed by atoms with E-state index in [-0.39, 0.29) is 0 Å². The second kappa shape index (κ2) is 7.20. The lowest BCUT2D eigenvalue weighted by Gasteiger charge is -2.21. The van der Waals surface area contributed by atoms with Gasteiger partial charge in [0.25, 0.3) is 0 Å². The third kappa shape index (κ3) is 5.10. The molecule has 0 saturated carbocycles. The maximum atomic E-state index is 3.70. The summed E-state index contributed by atoms with van der Waals surface area (Å²) in [5.74, 6) is 0. The van der Waals surface area contributed by atoms with Crippen molar-refractivity contribution in [3.8, 4) is 0 Å². The number of nitrogens with one attached hydrogen (secondary N) is 1. The van der Waals surface area contributed by atoms with E-state index in [1.54, 1.807) is 0 Å². The molecule has 1 atom stereocenters. The van der Waals surface area contributed by atoms with Crippen molar-refractivity contribution in [3.63, 3.8) is 0 Å². The van der Waals surface area contributed by atoms with Crippen LogP contribution in [0.1, 0.15) is 12.5 Å². The van der Waals surface area contributed by atoms with Gasteiger partial charge in [-0.05, 0) is 19.5 Å². The Balaban J connectivity index is 2.30. The van der Waals surface area contributed by atoms with Crippen molar-refractivity contribution < 1.29 is 0 Å². The number of hydrogen-bond donors (Lipinski definition) is 1. The Hall–Kier alpha value is -1.12. The van der Waals surface area contributed by atoms with Crippen LogP contribution in [-0.4, -0.2) is 31.1 Å². The molecule has 0 aliphatic rings. The molecule has 0 saturated heterocycles. The molecule has 88 valence electrons. The van der Waals surface area contributed by atoms with Crippen LogP contribution < -0.4 is 5.32 Å². The summed E-state index contributed by atoms with van der Waals surface area (Å²) < 4.78 is 0. The number of benzene rings is 1. The molecule has 0 amide bonds. The summed E-state index contributed by atoms with van der Waals surface area (Å²) in [4.78, 5) is 2.33. The Morgan fingerprint density at radius 2 is 2.06 bits per heavy atom. The van der Waals surface area contributed by atoms with Gasteiger partial charge in [0.15, 0.2) is 0 Å². The quantitative estimate of drug-likeness (QED) is 0.706. The molecule has 1 rings (SSSR count). The molecule has 1 aromatic carbocycles. The summed E-state index contributed by atoms with van der Waals surface area (Å²) in [5, 5.41) is 3.39. The van der Waals surface area contributed by atoms with E-state index in [2.05, 4.69) is 61.1 Å². The van der Waals surface area contributed by atoms with E-state index in [9.17, 15) is 0 Å². The Morgan fingerprint density at radius 3 is 2.69 bits per heavy atom. The minimum atomic E-state index is 0.492. The number of rotatable bonds is 7. The Morgan fingerprint density at radius 1 is 1.38 bits per heavy atom. The molecular weight excluding hydrogens is 196 g/mol. The minimum absolute atomic E-state index is 0.492. The van der Waals surface area contributed by atoms with Crippen LogP contribution >= 0.6 is 0 Å². The molecule has 0 fully saturated rings. The van der Waals surface area contributed by atoms with Gasteiger partial charge < -0.3 is 10.2 Å². The standard InChI is InChI=1S/C14H22N2/c1-4-10-15-13(2)11-16(3)12-14-8-6-5-7-9-14/h4-9,13,15H,1,10-12H2,2-3H3. The van der Waals surface area contributed by atoms with Gasteiger partial charge in [-0.3, -0.25) is 0 Å². The third-order valence-corrected chi connectivity index (χ3v) is 2.49. The highest BCUT2D eigenvalue weighted by molar-refractivity contribution is 5.14. The zero-order valence-electron chi connectivity index (χ0n) is 10.3. The van der Waals surface area contributed by atoms with Crippen LogP contribution in [0.4, 0.5) is 0 Å². The topological polar surface area (TPSA) is 15.3 Å². The van der Waals surface area contributed by atoms with Crippen LogP contribution in [0, 0.1) is 0 Å². The highest BCUT2D eigenvalue weighted by atomic mass is 15.1. The molecule has 0 aliphatic carbocycles. The maximum Gasteiger partial charge on any atom is 0.0231 e. The van der Waals surface area contributed by atoms with Crippen molar-refractivity contribution in [1.29, 1.82) is 0 Å². The first-order chi connectivity index (χ1) is 7.72. The highest BCUT2D eigenvalue weighted by Crippen LogP contribution is 2.02. The van der Waals surface area contributed by atoms with Crippen LogP contribution in [-0.2, 0) is 6.54 Å². The molecule has 2 nitrogen and oxygen atoms in total. The highest BCUT2D eigenvalue weighted by Gasteiger charge is 2.05. The average Bonchev–Trinajstić information content (AvgIpc) is 2.27. The zero-order valence-corrected chi connectivity index (χ0v) is 10.3. The molecule has 0 heterocycles. The van der Waals surface area contributed by atoms with Crippen molar-refractivity contribution in [2.45, 2.75) is 19.5 Å². The van der Waals surface area contributed by atoms with Gasteiger partial charge in [-0.1, -0.05) is 36.4 Å². The first-order valence-corrected chi connectivity index (χ1v) is 5.79. The molecule has 1 N–H and O–H groups in total. The summed E-state index contributed by atoms with van der Waals surface area (Å²) in [6.45, 7) is 8.82. The zero-order chi connectivity index (χ0) is 11.8. The Kier molecular flexibility index (Phi) is 5.83. The summed E-state index contributed by atoms with van der Waals surface area (Å²) in [6.07, 6.45) is 1.90. The van der Waals surface area contributed by atoms with E-state index >= 15 is 0 Å². The fourth-order valence-corrected chi connectivity index (χ4v) is 1.78. The van der Waals surface area contributed by atoms with Gasteiger partial charge in [0, 0.05) is 25.7 Å². The fourth-order valence-electron chi connectivity index (χ4n) is 1.78. The average molecular weight is 218 g/mol. The van der Waals surface area contributed by atoms with E-state index < -0.39 is 0 Å². The van der Waals surface area contributed by atoms with Crippen molar-refractivity contribution in [2.75, 3.05) is 20.1 Å². The molecular formula is C14H22N2. The summed E-state index contributed by atoms with van der Waals surface area (Å²) in [5.41, 5.74) is 1.36. The largest absolute Gasteiger partial charge is 0.310 e. The monoisotopic (exact) mass is 218 g/mol. The van der Waals surface area contributed by atoms with Gasteiger partial charge in [-0.25, -0.2) is 0 Å². The number of likely N-dealkylation sites (N-methyl/N-ethyl adjacent to an activating group) is 1. The van der Waals surface area contributed by atoms with Gasteiger partial charge in [0.1, 0.15) is 0 Å². The van der Waals surface area contributed by atoms with Gasteiger partial charge in [0.05, 0.1) is 0 Å². The van der Waals surface area contributed by atoms with E-state index in [1.807, 2.05) is 6.08 Å². The molecule has 0 spiro atoms. The van der Waals surface area contributed by atoms with E-state index in [0.717, 1.165) is 19.6 Å². The van der Waals surface area contributed by atoms with Gasteiger partial charge in [-0.2, -0.15) is 0 Å². The third-order valence-electron chi connectivity index (χ3n) is 2.49. The second-order valence-corrected chi connectivity index (χ2v) is 4.28. The van der Waals surface area contributed by atoms with E-state index in [4.69, 9.17) is 0 Å². The second-order valence-electron chi connectivity index (χ2n) is 4.28. The predicted octanol–water partition coefficient (Wildman–Crippen LogP) is 2.28. The maximum absolute atomic E-state index is 3.70. The van der Waals surface area contributed by atoms with E-state index in [1.165, 1.54) is 5.56 Å². The normalized spacial score (nSPS) is 12.7. The SMILES string of the molecule is C=CCNC(C)CN(C)Cc1ccccc1. The lowest BCUT2D eigenvalue weighted by atomic mass is 10.2. The minimum Gasteiger partial charge on any atom is -0.310 e. The van der Waals surface area contributed by atoms with E-state index in [0.29, 0.717) is 6.04 Å². The molecule has 0 radical (unpaired) electrons. The summed E-state index contributed by atoms with van der Waals surface area (Å²) in [7, 11) is 2.15. The van der Waals surface area contributed by atoms with Crippen molar-refractivity contribution >= 4 is 0 Å². The molecule has 0 bridgehead atoms. The molecule has 16 heavy (non-hydrogen) atoms. The van der Waals surface area contributed by atoms with Crippen molar-refractivity contribution in [1.82, 2.24) is 10.2 Å². The number of hydrogen-bond acceptors (Lipinski definition) is 2. The van der Waals surface area contributed by atoms with Gasteiger partial charge in [0.2, 0.25) is 0 Å². The van der Waals surface area contributed by atoms with Crippen molar-refractivity contribution in [2.24, 2.45) is 0 Å². The predicted molar refractivity (Wildman–Crippen MR) is 70.4 cm³/mol. The summed E-state index contributed by atoms with van der Waals surface area (Å²) >= 11 is 0. The Labute approximate surface area is 99.0 Å². The van der Waals surface area contributed by atoms with Crippen LogP contribution in [0.25, 0.3) is 0 Å². The molecule has 1 unspecified atom stereocenters. The lowest BCUT2D eigenvalue weighted by molar-refractivity contribution is 0.293. The van der Waals surface area contributed by atoms with Crippen LogP contribution in [0.15, 0.2) is 43.0 Å². The first kappa shape index (κ1) is 12.9. The van der Waals surface area contributed by atoms with Crippen LogP contribution in [0.2, 0.25) is 0 Å². The fraction of sp³-hybridized carbons (Fsp3) is 0.429. The lowest BCUT2D eigenvalue weighted by Crippen LogP contribution is -2.37. The number of nitrogens with zero attached hydrogens (tertiary/aromatic N) is 1. The molecule has 1 aromatic rings. The van der Waals surface area contributed by atoms with Crippen molar-refractivity contribution in [3.05, 3.63) is 48.6 Å². The molecule has 2 heteroatoms. The molecule has 0 aliphatic heterocycles. The van der Waals surface area contributed by atoms with Crippen LogP contribution in [0.5, 0.6) is 0 Å². The molecule has 0 aromatic heterocycles. The van der Waals surface area contributed by atoms with Gasteiger partial charge in [-0.15, -0.1) is 6.58 Å². The smallest absolute Gasteiger partial charge is 0.0231 e. The first-order valence-electron chi connectivity index (χ1n) is 5.79.